The van der Waals surface area contributed by atoms with Gasteiger partial charge in [-0.3, -0.25) is 0 Å². The van der Waals surface area contributed by atoms with Crippen LogP contribution < -0.4 is 5.32 Å². The number of hydrogen-bond acceptors (Lipinski definition) is 7. The number of nitrogens with zero attached hydrogens (tertiary/aromatic N) is 5. The van der Waals surface area contributed by atoms with Gasteiger partial charge >= 0.3 is 0 Å². The Hall–Kier alpha value is -2.64. The number of rotatable bonds is 3. The van der Waals surface area contributed by atoms with Crippen molar-refractivity contribution in [3.63, 3.8) is 0 Å². The molecule has 0 aromatic carbocycles. The summed E-state index contributed by atoms with van der Waals surface area (Å²) in [6, 6.07) is 4.00. The van der Waals surface area contributed by atoms with Crippen LogP contribution >= 0.6 is 22.9 Å². The number of aromatic nitrogens is 5. The van der Waals surface area contributed by atoms with Crippen molar-refractivity contribution in [1.29, 1.82) is 0 Å². The Morgan fingerprint density at radius 3 is 2.67 bits per heavy atom. The van der Waals surface area contributed by atoms with Gasteiger partial charge in [-0.25, -0.2) is 24.9 Å². The minimum Gasteiger partial charge on any atom is -0.314 e. The lowest BCUT2D eigenvalue weighted by Gasteiger charge is -2.10. The molecule has 118 valence electrons. The molecule has 4 rings (SSSR count). The molecule has 0 bridgehead atoms. The number of pyridine rings is 2. The fraction of sp³-hybridized carbons (Fsp3) is 0.0625. The van der Waals surface area contributed by atoms with Gasteiger partial charge in [0.1, 0.15) is 17.0 Å². The maximum Gasteiger partial charge on any atom is 0.189 e. The zero-order valence-electron chi connectivity index (χ0n) is 12.6. The first kappa shape index (κ1) is 14.9. The van der Waals surface area contributed by atoms with Crippen LogP contribution in [-0.2, 0) is 0 Å². The van der Waals surface area contributed by atoms with Gasteiger partial charge in [0.15, 0.2) is 10.9 Å². The lowest BCUT2D eigenvalue weighted by molar-refractivity contribution is 1.17. The molecule has 4 heterocycles. The lowest BCUT2D eigenvalue weighted by Crippen LogP contribution is -1.98. The van der Waals surface area contributed by atoms with Gasteiger partial charge in [0, 0.05) is 46.2 Å². The second kappa shape index (κ2) is 6.10. The van der Waals surface area contributed by atoms with Crippen molar-refractivity contribution in [2.45, 2.75) is 6.92 Å². The van der Waals surface area contributed by atoms with Crippen LogP contribution in [0.1, 0.15) is 5.69 Å². The third kappa shape index (κ3) is 2.79. The standard InChI is InChI=1S/C16H11ClN6S/c1-9-2-3-11-12(10-4-18-8-19-5-10)6-20-15(14(11)21-9)23-16-22-13(17)7-24-16/h2-8H,1H3,(H,20,22,23). The summed E-state index contributed by atoms with van der Waals surface area (Å²) < 4.78 is 0. The van der Waals surface area contributed by atoms with Crippen molar-refractivity contribution >= 4 is 44.8 Å². The normalized spacial score (nSPS) is 10.9. The van der Waals surface area contributed by atoms with Crippen molar-refractivity contribution in [2.24, 2.45) is 0 Å². The molecule has 6 nitrogen and oxygen atoms in total. The highest BCUT2D eigenvalue weighted by Crippen LogP contribution is 2.32. The van der Waals surface area contributed by atoms with Gasteiger partial charge in [0.25, 0.3) is 0 Å². The lowest BCUT2D eigenvalue weighted by atomic mass is 10.1. The second-order valence-electron chi connectivity index (χ2n) is 5.10. The number of thiazole rings is 1. The maximum atomic E-state index is 5.88. The number of hydrogen-bond donors (Lipinski definition) is 1. The van der Waals surface area contributed by atoms with E-state index in [1.54, 1.807) is 24.0 Å². The van der Waals surface area contributed by atoms with Crippen LogP contribution in [0.5, 0.6) is 0 Å². The number of fused-ring (bicyclic) bond motifs is 1. The summed E-state index contributed by atoms with van der Waals surface area (Å²) in [4.78, 5) is 21.5. The average molecular weight is 355 g/mol. The van der Waals surface area contributed by atoms with Crippen LogP contribution in [0.25, 0.3) is 22.0 Å². The molecular formula is C16H11ClN6S. The molecule has 0 aliphatic rings. The highest BCUT2D eigenvalue weighted by molar-refractivity contribution is 7.14. The van der Waals surface area contributed by atoms with Crippen molar-refractivity contribution < 1.29 is 0 Å². The fourth-order valence-corrected chi connectivity index (χ4v) is 3.22. The molecule has 1 N–H and O–H groups in total. The van der Waals surface area contributed by atoms with Crippen LogP contribution in [-0.4, -0.2) is 24.9 Å². The molecule has 0 aliphatic heterocycles. The smallest absolute Gasteiger partial charge is 0.189 e. The first-order valence-electron chi connectivity index (χ1n) is 7.10. The molecule has 8 heteroatoms. The van der Waals surface area contributed by atoms with E-state index in [1.165, 1.54) is 17.7 Å². The second-order valence-corrected chi connectivity index (χ2v) is 6.34. The summed E-state index contributed by atoms with van der Waals surface area (Å²) in [5.41, 5.74) is 3.50. The predicted molar refractivity (Wildman–Crippen MR) is 95.7 cm³/mol. The van der Waals surface area contributed by atoms with E-state index in [1.807, 2.05) is 19.1 Å². The molecule has 0 fully saturated rings. The number of nitrogens with one attached hydrogen (secondary N) is 1. The van der Waals surface area contributed by atoms with Crippen molar-refractivity contribution in [2.75, 3.05) is 5.32 Å². The zero-order chi connectivity index (χ0) is 16.5. The molecule has 0 spiro atoms. The SMILES string of the molecule is Cc1ccc2c(-c3cncnc3)cnc(Nc3nc(Cl)cs3)c2n1. The molecule has 0 saturated heterocycles. The van der Waals surface area contributed by atoms with Gasteiger partial charge in [-0.1, -0.05) is 17.7 Å². The minimum atomic E-state index is 0.453. The molecule has 0 aliphatic carbocycles. The minimum absolute atomic E-state index is 0.453. The Kier molecular flexibility index (Phi) is 3.79. The molecule has 0 saturated carbocycles. The van der Waals surface area contributed by atoms with Crippen LogP contribution in [0.3, 0.4) is 0 Å². The third-order valence-corrected chi connectivity index (χ3v) is 4.53. The Labute approximate surface area is 146 Å². The van der Waals surface area contributed by atoms with Crippen LogP contribution in [0.2, 0.25) is 5.15 Å². The van der Waals surface area contributed by atoms with Crippen LogP contribution in [0, 0.1) is 6.92 Å². The third-order valence-electron chi connectivity index (χ3n) is 3.44. The molecule has 24 heavy (non-hydrogen) atoms. The Morgan fingerprint density at radius 1 is 1.08 bits per heavy atom. The Bertz CT molecular complexity index is 1020. The Balaban J connectivity index is 1.89. The van der Waals surface area contributed by atoms with E-state index >= 15 is 0 Å². The molecule has 4 aromatic heterocycles. The predicted octanol–water partition coefficient (Wildman–Crippen LogP) is 4.25. The summed E-state index contributed by atoms with van der Waals surface area (Å²) >= 11 is 7.30. The summed E-state index contributed by atoms with van der Waals surface area (Å²) in [7, 11) is 0. The molecule has 0 unspecified atom stereocenters. The summed E-state index contributed by atoms with van der Waals surface area (Å²) in [5.74, 6) is 0.639. The van der Waals surface area contributed by atoms with Gasteiger partial charge < -0.3 is 5.32 Å². The highest BCUT2D eigenvalue weighted by atomic mass is 35.5. The van der Waals surface area contributed by atoms with Gasteiger partial charge in [-0.15, -0.1) is 11.3 Å². The van der Waals surface area contributed by atoms with E-state index in [0.29, 0.717) is 16.1 Å². The monoisotopic (exact) mass is 354 g/mol. The molecule has 0 amide bonds. The van der Waals surface area contributed by atoms with Crippen LogP contribution in [0.15, 0.2) is 42.4 Å². The topological polar surface area (TPSA) is 76.5 Å². The molecule has 4 aromatic rings. The fourth-order valence-electron chi connectivity index (χ4n) is 2.39. The van der Waals surface area contributed by atoms with Gasteiger partial charge in [0.2, 0.25) is 0 Å². The van der Waals surface area contributed by atoms with Crippen molar-refractivity contribution in [1.82, 2.24) is 24.9 Å². The van der Waals surface area contributed by atoms with E-state index in [4.69, 9.17) is 11.6 Å². The van der Waals surface area contributed by atoms with E-state index in [2.05, 4.69) is 30.2 Å². The van der Waals surface area contributed by atoms with E-state index in [9.17, 15) is 0 Å². The van der Waals surface area contributed by atoms with Crippen LogP contribution in [0.4, 0.5) is 10.9 Å². The number of anilines is 2. The maximum absolute atomic E-state index is 5.88. The highest BCUT2D eigenvalue weighted by Gasteiger charge is 2.12. The van der Waals surface area contributed by atoms with Gasteiger partial charge in [-0.2, -0.15) is 0 Å². The molecule has 0 radical (unpaired) electrons. The van der Waals surface area contributed by atoms with Crippen molar-refractivity contribution in [3.8, 4) is 11.1 Å². The number of aryl methyl sites for hydroxylation is 1. The van der Waals surface area contributed by atoms with Gasteiger partial charge in [0.05, 0.1) is 0 Å². The molecule has 0 atom stereocenters. The molecular weight excluding hydrogens is 344 g/mol. The first-order valence-corrected chi connectivity index (χ1v) is 8.36. The van der Waals surface area contributed by atoms with E-state index < -0.39 is 0 Å². The van der Waals surface area contributed by atoms with Gasteiger partial charge in [-0.05, 0) is 13.0 Å². The zero-order valence-corrected chi connectivity index (χ0v) is 14.1. The largest absolute Gasteiger partial charge is 0.314 e. The van der Waals surface area contributed by atoms with Crippen molar-refractivity contribution in [3.05, 3.63) is 53.3 Å². The average Bonchev–Trinajstić information content (AvgIpc) is 3.01. The number of halogens is 1. The first-order chi connectivity index (χ1) is 11.7. The Morgan fingerprint density at radius 2 is 1.92 bits per heavy atom. The quantitative estimate of drug-likeness (QED) is 0.592. The van der Waals surface area contributed by atoms with E-state index in [-0.39, 0.29) is 0 Å². The summed E-state index contributed by atoms with van der Waals surface area (Å²) in [6.45, 7) is 1.95. The van der Waals surface area contributed by atoms with E-state index in [0.717, 1.165) is 27.7 Å². The summed E-state index contributed by atoms with van der Waals surface area (Å²) in [6.07, 6.45) is 6.81. The summed E-state index contributed by atoms with van der Waals surface area (Å²) in [5, 5.41) is 7.05.